The molecule has 1 saturated carbocycles. The first-order valence-corrected chi connectivity index (χ1v) is 9.26. The topological polar surface area (TPSA) is 23.5 Å². The fourth-order valence-electron chi connectivity index (χ4n) is 5.18. The fourth-order valence-corrected chi connectivity index (χ4v) is 5.18. The van der Waals surface area contributed by atoms with E-state index in [4.69, 9.17) is 0 Å². The number of aryl methyl sites for hydroxylation is 1. The Kier molecular flexibility index (Phi) is 3.68. The molecule has 2 fully saturated rings. The van der Waals surface area contributed by atoms with Gasteiger partial charge in [0.05, 0.1) is 0 Å². The third-order valence-electron chi connectivity index (χ3n) is 6.44. The number of likely N-dealkylation sites (tertiary alicyclic amines) is 1. The van der Waals surface area contributed by atoms with Gasteiger partial charge in [-0.1, -0.05) is 19.4 Å². The van der Waals surface area contributed by atoms with Crippen molar-refractivity contribution in [3.8, 4) is 5.75 Å². The molecule has 2 aliphatic carbocycles. The van der Waals surface area contributed by atoms with E-state index >= 15 is 0 Å². The summed E-state index contributed by atoms with van der Waals surface area (Å²) in [7, 11) is 0. The average Bonchev–Trinajstić information content (AvgIpc) is 3.32. The van der Waals surface area contributed by atoms with Crippen LogP contribution in [0.5, 0.6) is 5.75 Å². The molecule has 0 spiro atoms. The van der Waals surface area contributed by atoms with Crippen LogP contribution in [0.2, 0.25) is 0 Å². The molecular weight excluding hydrogens is 270 g/mol. The van der Waals surface area contributed by atoms with Crippen molar-refractivity contribution in [2.75, 3.05) is 19.6 Å². The van der Waals surface area contributed by atoms with Crippen LogP contribution in [-0.2, 0) is 11.8 Å². The van der Waals surface area contributed by atoms with Gasteiger partial charge >= 0.3 is 0 Å². The Morgan fingerprint density at radius 1 is 1.27 bits per heavy atom. The Balaban J connectivity index is 1.64. The van der Waals surface area contributed by atoms with Crippen LogP contribution in [0.3, 0.4) is 0 Å². The van der Waals surface area contributed by atoms with Gasteiger partial charge in [0.1, 0.15) is 5.75 Å². The van der Waals surface area contributed by atoms with E-state index in [1.54, 1.807) is 0 Å². The second-order valence-electron chi connectivity index (χ2n) is 7.94. The zero-order chi connectivity index (χ0) is 15.2. The Hall–Kier alpha value is -1.02. The number of nitrogens with zero attached hydrogens (tertiary/aromatic N) is 1. The number of piperidine rings is 1. The highest BCUT2D eigenvalue weighted by molar-refractivity contribution is 5.43. The minimum absolute atomic E-state index is 0.334. The van der Waals surface area contributed by atoms with Gasteiger partial charge in [0.15, 0.2) is 0 Å². The van der Waals surface area contributed by atoms with Gasteiger partial charge in [0.25, 0.3) is 0 Å². The highest BCUT2D eigenvalue weighted by Gasteiger charge is 2.47. The van der Waals surface area contributed by atoms with E-state index in [9.17, 15) is 5.11 Å². The van der Waals surface area contributed by atoms with Crippen molar-refractivity contribution in [3.63, 3.8) is 0 Å². The van der Waals surface area contributed by atoms with Crippen molar-refractivity contribution in [1.82, 2.24) is 4.90 Å². The van der Waals surface area contributed by atoms with Gasteiger partial charge in [-0.3, -0.25) is 0 Å². The van der Waals surface area contributed by atoms with E-state index in [-0.39, 0.29) is 0 Å². The van der Waals surface area contributed by atoms with Crippen molar-refractivity contribution in [2.45, 2.75) is 57.3 Å². The van der Waals surface area contributed by atoms with Crippen LogP contribution in [0.25, 0.3) is 0 Å². The molecule has 0 unspecified atom stereocenters. The van der Waals surface area contributed by atoms with Crippen LogP contribution >= 0.6 is 0 Å². The fraction of sp³-hybridized carbons (Fsp3) is 0.700. The molecule has 0 aromatic heterocycles. The Morgan fingerprint density at radius 2 is 2.14 bits per heavy atom. The molecule has 1 aliphatic heterocycles. The van der Waals surface area contributed by atoms with Crippen molar-refractivity contribution in [1.29, 1.82) is 0 Å². The summed E-state index contributed by atoms with van der Waals surface area (Å²) in [4.78, 5) is 2.74. The minimum Gasteiger partial charge on any atom is -0.508 e. The predicted molar refractivity (Wildman–Crippen MR) is 90.3 cm³/mol. The lowest BCUT2D eigenvalue weighted by Crippen LogP contribution is -2.52. The SMILES string of the molecule is CCC[C@]12CCN(CC3CC3)C[C@H]1CCc1ccc(O)cc12. The number of hydrogen-bond acceptors (Lipinski definition) is 2. The largest absolute Gasteiger partial charge is 0.508 e. The molecule has 1 heterocycles. The monoisotopic (exact) mass is 299 g/mol. The molecule has 0 amide bonds. The molecule has 3 aliphatic rings. The van der Waals surface area contributed by atoms with Gasteiger partial charge in [-0.2, -0.15) is 0 Å². The Bertz CT molecular complexity index is 551. The lowest BCUT2D eigenvalue weighted by molar-refractivity contribution is 0.0665. The van der Waals surface area contributed by atoms with Gasteiger partial charge in [0, 0.05) is 18.5 Å². The maximum atomic E-state index is 10.0. The van der Waals surface area contributed by atoms with Crippen LogP contribution < -0.4 is 0 Å². The van der Waals surface area contributed by atoms with E-state index in [1.165, 1.54) is 75.7 Å². The average molecular weight is 299 g/mol. The van der Waals surface area contributed by atoms with Crippen molar-refractivity contribution >= 4 is 0 Å². The Morgan fingerprint density at radius 3 is 2.91 bits per heavy atom. The summed E-state index contributed by atoms with van der Waals surface area (Å²) in [6.45, 7) is 6.19. The number of benzene rings is 1. The normalized spacial score (nSPS) is 31.6. The van der Waals surface area contributed by atoms with Gasteiger partial charge in [-0.25, -0.2) is 0 Å². The highest BCUT2D eigenvalue weighted by Crippen LogP contribution is 2.50. The second-order valence-corrected chi connectivity index (χ2v) is 7.94. The zero-order valence-corrected chi connectivity index (χ0v) is 13.9. The molecule has 120 valence electrons. The number of phenols is 1. The first kappa shape index (κ1) is 14.6. The molecule has 1 aromatic carbocycles. The summed E-state index contributed by atoms with van der Waals surface area (Å²) in [5, 5.41) is 10.0. The molecule has 0 radical (unpaired) electrons. The maximum Gasteiger partial charge on any atom is 0.115 e. The number of hydrogen-bond donors (Lipinski definition) is 1. The first-order chi connectivity index (χ1) is 10.7. The number of rotatable bonds is 4. The molecular formula is C20H29NO. The van der Waals surface area contributed by atoms with Crippen molar-refractivity contribution < 1.29 is 5.11 Å². The van der Waals surface area contributed by atoms with Crippen LogP contribution in [-0.4, -0.2) is 29.6 Å². The molecule has 1 N–H and O–H groups in total. The molecule has 2 atom stereocenters. The summed E-state index contributed by atoms with van der Waals surface area (Å²) in [5.74, 6) is 2.24. The molecule has 2 nitrogen and oxygen atoms in total. The standard InChI is InChI=1S/C20H29NO/c1-2-9-20-10-11-21(13-15-3-4-15)14-17(20)7-5-16-6-8-18(22)12-19(16)20/h6,8,12,15,17,22H,2-5,7,9-11,13-14H2,1H3/t17-,20+/m1/s1. The van der Waals surface area contributed by atoms with Gasteiger partial charge in [-0.15, -0.1) is 0 Å². The molecule has 0 bridgehead atoms. The smallest absolute Gasteiger partial charge is 0.115 e. The summed E-state index contributed by atoms with van der Waals surface area (Å²) >= 11 is 0. The van der Waals surface area contributed by atoms with Crippen LogP contribution in [0.1, 0.15) is 56.6 Å². The first-order valence-electron chi connectivity index (χ1n) is 9.26. The predicted octanol–water partition coefficient (Wildman–Crippen LogP) is 4.11. The summed E-state index contributed by atoms with van der Waals surface area (Å²) in [5.41, 5.74) is 3.32. The second kappa shape index (κ2) is 5.56. The molecule has 1 aromatic rings. The van der Waals surface area contributed by atoms with Crippen LogP contribution in [0.15, 0.2) is 18.2 Å². The number of phenolic OH excluding ortho intramolecular Hbond substituents is 1. The van der Waals surface area contributed by atoms with Crippen molar-refractivity contribution in [2.24, 2.45) is 11.8 Å². The van der Waals surface area contributed by atoms with Gasteiger partial charge < -0.3 is 10.0 Å². The van der Waals surface area contributed by atoms with Crippen LogP contribution in [0, 0.1) is 11.8 Å². The lowest BCUT2D eigenvalue weighted by Gasteiger charge is -2.52. The minimum atomic E-state index is 0.334. The zero-order valence-electron chi connectivity index (χ0n) is 13.9. The van der Waals surface area contributed by atoms with Gasteiger partial charge in [0.2, 0.25) is 0 Å². The summed E-state index contributed by atoms with van der Waals surface area (Å²) < 4.78 is 0. The van der Waals surface area contributed by atoms with E-state index in [0.717, 1.165) is 11.8 Å². The molecule has 4 rings (SSSR count). The lowest BCUT2D eigenvalue weighted by atomic mass is 9.58. The molecule has 2 heteroatoms. The number of fused-ring (bicyclic) bond motifs is 3. The van der Waals surface area contributed by atoms with E-state index in [2.05, 4.69) is 24.0 Å². The highest BCUT2D eigenvalue weighted by atomic mass is 16.3. The quantitative estimate of drug-likeness (QED) is 0.904. The maximum absolute atomic E-state index is 10.0. The van der Waals surface area contributed by atoms with Crippen LogP contribution in [0.4, 0.5) is 0 Å². The van der Waals surface area contributed by atoms with Crippen molar-refractivity contribution in [3.05, 3.63) is 29.3 Å². The van der Waals surface area contributed by atoms with E-state index in [1.807, 2.05) is 6.07 Å². The Labute approximate surface area is 134 Å². The summed E-state index contributed by atoms with van der Waals surface area (Å²) in [6.07, 6.45) is 9.26. The van der Waals surface area contributed by atoms with E-state index in [0.29, 0.717) is 11.2 Å². The number of aromatic hydroxyl groups is 1. The molecule has 22 heavy (non-hydrogen) atoms. The van der Waals surface area contributed by atoms with E-state index < -0.39 is 0 Å². The third kappa shape index (κ3) is 2.46. The van der Waals surface area contributed by atoms with Gasteiger partial charge in [-0.05, 0) is 80.2 Å². The third-order valence-corrected chi connectivity index (χ3v) is 6.44. The summed E-state index contributed by atoms with van der Waals surface area (Å²) in [6, 6.07) is 6.14. The molecule has 1 saturated heterocycles.